The fourth-order valence-electron chi connectivity index (χ4n) is 2.55. The van der Waals surface area contributed by atoms with Crippen LogP contribution in [0.4, 0.5) is 0 Å². The molecule has 2 N–H and O–H groups in total. The molecule has 0 saturated heterocycles. The number of rotatable bonds is 7. The molecule has 2 rings (SSSR count). The third kappa shape index (κ3) is 3.62. The quantitative estimate of drug-likeness (QED) is 0.809. The number of hydrogen-bond acceptors (Lipinski definition) is 3. The number of nitrogens with zero attached hydrogens (tertiary/aromatic N) is 1. The summed E-state index contributed by atoms with van der Waals surface area (Å²) in [5.74, 6) is 0.441. The third-order valence-electron chi connectivity index (χ3n) is 3.50. The van der Waals surface area contributed by atoms with Gasteiger partial charge < -0.3 is 9.67 Å². The lowest BCUT2D eigenvalue weighted by Gasteiger charge is -2.15. The van der Waals surface area contributed by atoms with Crippen molar-refractivity contribution >= 4 is 10.0 Å². The lowest BCUT2D eigenvalue weighted by molar-refractivity contribution is 0.270. The molecule has 1 saturated carbocycles. The van der Waals surface area contributed by atoms with Crippen LogP contribution in [0.3, 0.4) is 0 Å². The van der Waals surface area contributed by atoms with Crippen molar-refractivity contribution in [1.29, 1.82) is 0 Å². The van der Waals surface area contributed by atoms with Crippen LogP contribution in [0.1, 0.15) is 51.8 Å². The summed E-state index contributed by atoms with van der Waals surface area (Å²) in [6, 6.07) is 1.83. The maximum absolute atomic E-state index is 12.3. The highest BCUT2D eigenvalue weighted by Crippen LogP contribution is 2.37. The number of aliphatic hydroxyl groups excluding tert-OH is 1. The second kappa shape index (κ2) is 5.87. The van der Waals surface area contributed by atoms with Gasteiger partial charge >= 0.3 is 0 Å². The van der Waals surface area contributed by atoms with Crippen LogP contribution in [-0.4, -0.2) is 24.1 Å². The number of aromatic nitrogens is 1. The molecule has 1 aromatic heterocycles. The van der Waals surface area contributed by atoms with Crippen molar-refractivity contribution in [2.24, 2.45) is 5.92 Å². The molecular weight excluding hydrogens is 276 g/mol. The Morgan fingerprint density at radius 1 is 1.40 bits per heavy atom. The lowest BCUT2D eigenvalue weighted by atomic mass is 10.1. The summed E-state index contributed by atoms with van der Waals surface area (Å²) in [5.41, 5.74) is 0.671. The predicted octanol–water partition coefficient (Wildman–Crippen LogP) is 2.03. The van der Waals surface area contributed by atoms with Crippen LogP contribution in [0.15, 0.2) is 17.2 Å². The highest BCUT2D eigenvalue weighted by Gasteiger charge is 2.28. The molecule has 0 aliphatic heterocycles. The fraction of sp³-hybridized carbons (Fsp3) is 0.714. The van der Waals surface area contributed by atoms with Crippen molar-refractivity contribution < 1.29 is 13.5 Å². The van der Waals surface area contributed by atoms with Crippen molar-refractivity contribution in [3.05, 3.63) is 18.0 Å². The van der Waals surface area contributed by atoms with E-state index < -0.39 is 10.0 Å². The molecule has 0 bridgehead atoms. The maximum atomic E-state index is 12.3. The van der Waals surface area contributed by atoms with Crippen LogP contribution in [0, 0.1) is 5.92 Å². The number of nitrogens with one attached hydrogen (secondary N) is 1. The van der Waals surface area contributed by atoms with Gasteiger partial charge in [-0.25, -0.2) is 13.1 Å². The highest BCUT2D eigenvalue weighted by atomic mass is 32.2. The van der Waals surface area contributed by atoms with Gasteiger partial charge in [0.1, 0.15) is 0 Å². The van der Waals surface area contributed by atoms with Gasteiger partial charge in [-0.05, 0) is 38.2 Å². The van der Waals surface area contributed by atoms with E-state index in [2.05, 4.69) is 18.6 Å². The number of sulfonamides is 1. The van der Waals surface area contributed by atoms with Crippen molar-refractivity contribution in [1.82, 2.24) is 9.29 Å². The van der Waals surface area contributed by atoms with Gasteiger partial charge in [-0.15, -0.1) is 0 Å². The molecule has 1 aliphatic carbocycles. The van der Waals surface area contributed by atoms with E-state index in [4.69, 9.17) is 0 Å². The first-order chi connectivity index (χ1) is 9.33. The Balaban J connectivity index is 2.16. The zero-order valence-corrected chi connectivity index (χ0v) is 13.2. The van der Waals surface area contributed by atoms with Gasteiger partial charge in [-0.2, -0.15) is 0 Å². The van der Waals surface area contributed by atoms with Crippen molar-refractivity contribution in [3.63, 3.8) is 0 Å². The third-order valence-corrected chi connectivity index (χ3v) is 5.06. The first kappa shape index (κ1) is 15.5. The molecule has 5 nitrogen and oxygen atoms in total. The Labute approximate surface area is 121 Å². The van der Waals surface area contributed by atoms with E-state index in [1.54, 1.807) is 12.3 Å². The first-order valence-electron chi connectivity index (χ1n) is 7.17. The highest BCUT2D eigenvalue weighted by molar-refractivity contribution is 7.89. The SMILES string of the molecule is CC(C)CC(C)NS(=O)(=O)c1cc(CO)n(C2CC2)c1. The zero-order valence-electron chi connectivity index (χ0n) is 12.3. The molecule has 0 radical (unpaired) electrons. The summed E-state index contributed by atoms with van der Waals surface area (Å²) >= 11 is 0. The van der Waals surface area contributed by atoms with E-state index in [-0.39, 0.29) is 17.5 Å². The van der Waals surface area contributed by atoms with E-state index in [1.807, 2.05) is 11.5 Å². The smallest absolute Gasteiger partial charge is 0.242 e. The average Bonchev–Trinajstić information content (AvgIpc) is 3.05. The van der Waals surface area contributed by atoms with Crippen molar-refractivity contribution in [2.45, 2.75) is 63.6 Å². The number of aliphatic hydroxyl groups is 1. The van der Waals surface area contributed by atoms with Gasteiger partial charge in [0, 0.05) is 24.0 Å². The molecular formula is C14H24N2O3S. The average molecular weight is 300 g/mol. The van der Waals surface area contributed by atoms with E-state index in [1.165, 1.54) is 0 Å². The molecule has 1 heterocycles. The van der Waals surface area contributed by atoms with Gasteiger partial charge in [0.25, 0.3) is 0 Å². The lowest BCUT2D eigenvalue weighted by Crippen LogP contribution is -2.33. The zero-order chi connectivity index (χ0) is 14.9. The summed E-state index contributed by atoms with van der Waals surface area (Å²) in [6.45, 7) is 5.88. The second-order valence-corrected chi connectivity index (χ2v) is 7.83. The van der Waals surface area contributed by atoms with Crippen LogP contribution < -0.4 is 4.72 Å². The van der Waals surface area contributed by atoms with Gasteiger partial charge in [-0.3, -0.25) is 0 Å². The van der Waals surface area contributed by atoms with Crippen LogP contribution in [0.25, 0.3) is 0 Å². The van der Waals surface area contributed by atoms with E-state index in [9.17, 15) is 13.5 Å². The predicted molar refractivity (Wildman–Crippen MR) is 77.9 cm³/mol. The van der Waals surface area contributed by atoms with Gasteiger partial charge in [-0.1, -0.05) is 13.8 Å². The normalized spacial score (nSPS) is 17.6. The Morgan fingerprint density at radius 2 is 2.05 bits per heavy atom. The largest absolute Gasteiger partial charge is 0.390 e. The monoisotopic (exact) mass is 300 g/mol. The summed E-state index contributed by atoms with van der Waals surface area (Å²) in [5, 5.41) is 9.34. The first-order valence-corrected chi connectivity index (χ1v) is 8.65. The minimum atomic E-state index is -3.50. The molecule has 0 spiro atoms. The molecule has 114 valence electrons. The Hall–Kier alpha value is -0.850. The molecule has 1 fully saturated rings. The second-order valence-electron chi connectivity index (χ2n) is 6.12. The summed E-state index contributed by atoms with van der Waals surface area (Å²) in [6.07, 6.45) is 4.56. The molecule has 1 aliphatic rings. The van der Waals surface area contributed by atoms with Crippen LogP contribution >= 0.6 is 0 Å². The van der Waals surface area contributed by atoms with Crippen LogP contribution in [0.2, 0.25) is 0 Å². The molecule has 0 amide bonds. The van der Waals surface area contributed by atoms with Crippen LogP contribution in [-0.2, 0) is 16.6 Å². The van der Waals surface area contributed by atoms with Crippen molar-refractivity contribution in [2.75, 3.05) is 0 Å². The van der Waals surface area contributed by atoms with E-state index in [0.717, 1.165) is 19.3 Å². The maximum Gasteiger partial charge on any atom is 0.242 e. The van der Waals surface area contributed by atoms with Gasteiger partial charge in [0.15, 0.2) is 0 Å². The molecule has 6 heteroatoms. The molecule has 1 aromatic rings. The summed E-state index contributed by atoms with van der Waals surface area (Å²) < 4.78 is 29.3. The van der Waals surface area contributed by atoms with Gasteiger partial charge in [0.05, 0.1) is 11.5 Å². The molecule has 20 heavy (non-hydrogen) atoms. The molecule has 0 aromatic carbocycles. The summed E-state index contributed by atoms with van der Waals surface area (Å²) in [7, 11) is -3.50. The topological polar surface area (TPSA) is 71.3 Å². The Bertz CT molecular complexity index is 559. The summed E-state index contributed by atoms with van der Waals surface area (Å²) in [4.78, 5) is 0.254. The minimum absolute atomic E-state index is 0.0955. The van der Waals surface area contributed by atoms with Crippen molar-refractivity contribution in [3.8, 4) is 0 Å². The van der Waals surface area contributed by atoms with E-state index >= 15 is 0 Å². The molecule has 1 unspecified atom stereocenters. The fourth-order valence-corrected chi connectivity index (χ4v) is 3.86. The Kier molecular flexibility index (Phi) is 4.56. The van der Waals surface area contributed by atoms with E-state index in [0.29, 0.717) is 17.7 Å². The Morgan fingerprint density at radius 3 is 2.55 bits per heavy atom. The van der Waals surface area contributed by atoms with Crippen LogP contribution in [0.5, 0.6) is 0 Å². The molecule has 1 atom stereocenters. The number of hydrogen-bond donors (Lipinski definition) is 2. The van der Waals surface area contributed by atoms with Gasteiger partial charge in [0.2, 0.25) is 10.0 Å². The minimum Gasteiger partial charge on any atom is -0.390 e. The standard InChI is InChI=1S/C14H24N2O3S/c1-10(2)6-11(3)15-20(18,19)14-7-13(9-17)16(8-14)12-4-5-12/h7-8,10-12,15,17H,4-6,9H2,1-3H3.